The number of hydrogen-bond acceptors (Lipinski definition) is 6. The van der Waals surface area contributed by atoms with Crippen LogP contribution in [0.5, 0.6) is 0 Å². The Kier molecular flexibility index (Phi) is 3.41. The van der Waals surface area contributed by atoms with Crippen molar-refractivity contribution >= 4 is 17.0 Å². The lowest BCUT2D eigenvalue weighted by atomic mass is 10.8. The number of imidazole rings is 1. The Labute approximate surface area is 75.0 Å². The topological polar surface area (TPSA) is 87.5 Å². The first-order valence-corrected chi connectivity index (χ1v) is 4.24. The van der Waals surface area contributed by atoms with E-state index in [9.17, 15) is 13.2 Å². The summed E-state index contributed by atoms with van der Waals surface area (Å²) < 4.78 is 24.8. The minimum Gasteiger partial charge on any atom is -0.333 e. The molecule has 7 nitrogen and oxygen atoms in total. The minimum absolute atomic E-state index is 0.642. The van der Waals surface area contributed by atoms with E-state index in [1.165, 1.54) is 18.7 Å². The minimum atomic E-state index is -3.02. The molecule has 72 valence electrons. The zero-order chi connectivity index (χ0) is 9.68. The molecule has 1 heterocycles. The zero-order valence-corrected chi connectivity index (χ0v) is 7.22. The molecule has 0 atom stereocenters. The van der Waals surface area contributed by atoms with Crippen LogP contribution in [0.4, 0.5) is 0 Å². The van der Waals surface area contributed by atoms with Gasteiger partial charge in [-0.2, -0.15) is 4.73 Å². The Balaban J connectivity index is 2.34. The summed E-state index contributed by atoms with van der Waals surface area (Å²) in [5.74, 6) is -0.822. The fourth-order valence-corrected chi connectivity index (χ4v) is 0.761. The third kappa shape index (κ3) is 3.67. The lowest BCUT2D eigenvalue weighted by Crippen LogP contribution is -2.22. The summed E-state index contributed by atoms with van der Waals surface area (Å²) in [7, 11) is -3.02. The maximum Gasteiger partial charge on any atom is 0.359 e. The van der Waals surface area contributed by atoms with Gasteiger partial charge in [-0.15, -0.1) is 0 Å². The van der Waals surface area contributed by atoms with E-state index in [1.54, 1.807) is 0 Å². The van der Waals surface area contributed by atoms with Crippen LogP contribution in [0.3, 0.4) is 0 Å². The van der Waals surface area contributed by atoms with Crippen molar-refractivity contribution in [2.75, 3.05) is 6.61 Å². The summed E-state index contributed by atoms with van der Waals surface area (Å²) in [5, 5.41) is 0. The summed E-state index contributed by atoms with van der Waals surface area (Å²) in [4.78, 5) is 18.9. The highest BCUT2D eigenvalue weighted by molar-refractivity contribution is 7.67. The second kappa shape index (κ2) is 4.58. The van der Waals surface area contributed by atoms with Crippen LogP contribution >= 0.6 is 0 Å². The molecule has 1 rings (SSSR count). The largest absolute Gasteiger partial charge is 0.359 e. The number of nitrogens with zero attached hydrogens (tertiary/aromatic N) is 2. The summed E-state index contributed by atoms with van der Waals surface area (Å²) in [6, 6.07) is 0. The molecule has 1 aromatic rings. The van der Waals surface area contributed by atoms with Crippen molar-refractivity contribution in [2.24, 2.45) is 0 Å². The van der Waals surface area contributed by atoms with Crippen molar-refractivity contribution in [3.63, 3.8) is 0 Å². The van der Waals surface area contributed by atoms with Crippen LogP contribution in [-0.2, 0) is 20.0 Å². The molecular formula is C5H6N2O5S. The van der Waals surface area contributed by atoms with E-state index in [0.29, 0.717) is 0 Å². The molecule has 0 unspecified atom stereocenters. The molecule has 0 fully saturated rings. The van der Waals surface area contributed by atoms with Crippen LogP contribution in [-0.4, -0.2) is 30.7 Å². The lowest BCUT2D eigenvalue weighted by molar-refractivity contribution is -0.146. The van der Waals surface area contributed by atoms with Gasteiger partial charge in [0.1, 0.15) is 6.33 Å². The molecule has 0 aliphatic heterocycles. The summed E-state index contributed by atoms with van der Waals surface area (Å²) in [5.41, 5.74) is 0. The second-order valence-corrected chi connectivity index (χ2v) is 2.59. The van der Waals surface area contributed by atoms with Crippen molar-refractivity contribution in [1.29, 1.82) is 0 Å². The van der Waals surface area contributed by atoms with Crippen molar-refractivity contribution in [3.8, 4) is 0 Å². The highest BCUT2D eigenvalue weighted by atomic mass is 32.2. The van der Waals surface area contributed by atoms with Crippen molar-refractivity contribution < 1.29 is 22.2 Å². The number of aromatic nitrogens is 2. The van der Waals surface area contributed by atoms with Gasteiger partial charge in [-0.25, -0.2) is 18.2 Å². The highest BCUT2D eigenvalue weighted by Gasteiger charge is 2.04. The Morgan fingerprint density at radius 3 is 2.85 bits per heavy atom. The molecule has 0 aliphatic carbocycles. The first-order chi connectivity index (χ1) is 6.18. The Hall–Kier alpha value is -1.41. The summed E-state index contributed by atoms with van der Waals surface area (Å²) in [6.07, 6.45) is 4.03. The maximum atomic E-state index is 10.8. The first kappa shape index (κ1) is 9.68. The average molecular weight is 206 g/mol. The van der Waals surface area contributed by atoms with Gasteiger partial charge in [0.2, 0.25) is 0 Å². The van der Waals surface area contributed by atoms with Gasteiger partial charge < -0.3 is 4.84 Å². The van der Waals surface area contributed by atoms with Gasteiger partial charge >= 0.3 is 5.97 Å². The second-order valence-electron chi connectivity index (χ2n) is 1.88. The van der Waals surface area contributed by atoms with Crippen LogP contribution < -0.4 is 4.84 Å². The van der Waals surface area contributed by atoms with Crippen molar-refractivity contribution in [3.05, 3.63) is 18.7 Å². The van der Waals surface area contributed by atoms with Crippen molar-refractivity contribution in [2.45, 2.75) is 0 Å². The monoisotopic (exact) mass is 206 g/mol. The molecule has 0 aromatic carbocycles. The van der Waals surface area contributed by atoms with Gasteiger partial charge in [0.05, 0.1) is 6.20 Å². The number of thiol groups is 1. The van der Waals surface area contributed by atoms with E-state index < -0.39 is 23.6 Å². The molecule has 0 radical (unpaired) electrons. The highest BCUT2D eigenvalue weighted by Crippen LogP contribution is 1.82. The van der Waals surface area contributed by atoms with Crippen LogP contribution in [0.1, 0.15) is 0 Å². The maximum absolute atomic E-state index is 10.8. The van der Waals surface area contributed by atoms with Crippen LogP contribution in [0.25, 0.3) is 0 Å². The van der Waals surface area contributed by atoms with E-state index >= 15 is 0 Å². The molecule has 0 saturated carbocycles. The number of carbonyl (C=O) groups excluding carboxylic acids is 1. The van der Waals surface area contributed by atoms with Gasteiger partial charge in [0, 0.05) is 6.20 Å². The van der Waals surface area contributed by atoms with Crippen molar-refractivity contribution in [1.82, 2.24) is 9.71 Å². The van der Waals surface area contributed by atoms with Gasteiger partial charge in [0.25, 0.3) is 11.0 Å². The summed E-state index contributed by atoms with van der Waals surface area (Å²) in [6.45, 7) is -0.642. The average Bonchev–Trinajstić information content (AvgIpc) is 2.53. The molecule has 0 aliphatic rings. The number of carbonyl (C=O) groups is 1. The molecule has 0 N–H and O–H groups in total. The molecule has 8 heteroatoms. The van der Waals surface area contributed by atoms with Gasteiger partial charge in [0.15, 0.2) is 6.61 Å². The fourth-order valence-electron chi connectivity index (χ4n) is 0.550. The molecule has 0 bridgehead atoms. The molecule has 0 spiro atoms. The third-order valence-corrected chi connectivity index (χ3v) is 1.32. The molecule has 0 amide bonds. The SMILES string of the molecule is O=C(CO[SH](=O)=O)On1ccnc1. The molecule has 1 aromatic heterocycles. The van der Waals surface area contributed by atoms with E-state index in [2.05, 4.69) is 14.0 Å². The normalized spacial score (nSPS) is 10.2. The molecule has 13 heavy (non-hydrogen) atoms. The molecule has 0 saturated heterocycles. The number of hydrogen-bond donors (Lipinski definition) is 1. The Morgan fingerprint density at radius 2 is 2.31 bits per heavy atom. The van der Waals surface area contributed by atoms with E-state index in [1.807, 2.05) is 0 Å². The predicted molar refractivity (Wildman–Crippen MR) is 40.1 cm³/mol. The number of rotatable bonds is 4. The fraction of sp³-hybridized carbons (Fsp3) is 0.200. The zero-order valence-electron chi connectivity index (χ0n) is 6.32. The predicted octanol–water partition coefficient (Wildman–Crippen LogP) is -1.62. The van der Waals surface area contributed by atoms with Gasteiger partial charge in [-0.1, -0.05) is 0 Å². The quantitative estimate of drug-likeness (QED) is 0.596. The van der Waals surface area contributed by atoms with E-state index in [4.69, 9.17) is 0 Å². The van der Waals surface area contributed by atoms with Gasteiger partial charge in [-0.3, -0.25) is 4.18 Å². The smallest absolute Gasteiger partial charge is 0.333 e. The van der Waals surface area contributed by atoms with Crippen LogP contribution in [0.2, 0.25) is 0 Å². The molecular weight excluding hydrogens is 200 g/mol. The third-order valence-electron chi connectivity index (χ3n) is 0.975. The summed E-state index contributed by atoms with van der Waals surface area (Å²) >= 11 is 0. The Morgan fingerprint density at radius 1 is 1.54 bits per heavy atom. The van der Waals surface area contributed by atoms with Crippen LogP contribution in [0.15, 0.2) is 18.7 Å². The van der Waals surface area contributed by atoms with E-state index in [0.717, 1.165) is 4.73 Å². The standard InChI is InChI=1S/C5H6N2O5S/c8-5(3-11-13(9)10)12-7-2-1-6-4-7/h1-2,4,13H,3H2. The first-order valence-electron chi connectivity index (χ1n) is 3.15. The van der Waals surface area contributed by atoms with Gasteiger partial charge in [-0.05, 0) is 0 Å². The Bertz CT molecular complexity index is 336. The van der Waals surface area contributed by atoms with E-state index in [-0.39, 0.29) is 0 Å². The van der Waals surface area contributed by atoms with Crippen LogP contribution in [0, 0.1) is 0 Å². The lowest BCUT2D eigenvalue weighted by Gasteiger charge is -2.00.